The van der Waals surface area contributed by atoms with Crippen LogP contribution >= 0.6 is 0 Å². The van der Waals surface area contributed by atoms with Gasteiger partial charge in [0.1, 0.15) is 6.61 Å². The van der Waals surface area contributed by atoms with Crippen molar-refractivity contribution in [3.63, 3.8) is 0 Å². The van der Waals surface area contributed by atoms with E-state index in [2.05, 4.69) is 4.74 Å². The maximum atomic E-state index is 11.9. The molecule has 0 aromatic heterocycles. The largest absolute Gasteiger partial charge is 0.411 e. The van der Waals surface area contributed by atoms with Crippen LogP contribution < -0.4 is 5.73 Å². The molecule has 0 heterocycles. The van der Waals surface area contributed by atoms with E-state index in [1.165, 1.54) is 0 Å². The highest BCUT2D eigenvalue weighted by atomic mass is 32.2. The van der Waals surface area contributed by atoms with Crippen LogP contribution in [0.4, 0.5) is 18.9 Å². The van der Waals surface area contributed by atoms with Gasteiger partial charge in [-0.25, -0.2) is 0 Å². The Morgan fingerprint density at radius 1 is 1.37 bits per heavy atom. The van der Waals surface area contributed by atoms with Gasteiger partial charge in [-0.3, -0.25) is 4.21 Å². The van der Waals surface area contributed by atoms with Crippen molar-refractivity contribution in [1.82, 2.24) is 0 Å². The average Bonchev–Trinajstić information content (AvgIpc) is 2.30. The van der Waals surface area contributed by atoms with E-state index in [-0.39, 0.29) is 12.4 Å². The normalized spacial score (nSPS) is 13.5. The second-order valence-corrected chi connectivity index (χ2v) is 5.66. The first-order chi connectivity index (χ1) is 8.79. The van der Waals surface area contributed by atoms with Crippen LogP contribution in [0.3, 0.4) is 0 Å². The third-order valence-electron chi connectivity index (χ3n) is 2.39. The minimum Gasteiger partial charge on any atom is -0.399 e. The Morgan fingerprint density at radius 2 is 2.05 bits per heavy atom. The number of nitrogens with two attached hydrogens (primary N) is 1. The Kier molecular flexibility index (Phi) is 5.81. The molecule has 0 bridgehead atoms. The van der Waals surface area contributed by atoms with E-state index in [1.54, 1.807) is 18.2 Å². The van der Waals surface area contributed by atoms with E-state index >= 15 is 0 Å². The predicted octanol–water partition coefficient (Wildman–Crippen LogP) is 2.65. The number of hydrogen-bond donors (Lipinski definition) is 1. The molecule has 0 saturated heterocycles. The molecule has 108 valence electrons. The molecule has 1 aromatic rings. The number of nitrogen functional groups attached to an aromatic ring is 1. The van der Waals surface area contributed by atoms with Crippen LogP contribution in [-0.4, -0.2) is 29.4 Å². The number of rotatable bonds is 6. The number of halogens is 3. The lowest BCUT2D eigenvalue weighted by Gasteiger charge is -2.08. The number of alkyl halides is 3. The molecule has 0 aliphatic carbocycles. The van der Waals surface area contributed by atoms with Crippen LogP contribution in [0.2, 0.25) is 0 Å². The molecule has 0 spiro atoms. The average molecular weight is 295 g/mol. The first-order valence-corrected chi connectivity index (χ1v) is 7.00. The Bertz CT molecular complexity index is 449. The van der Waals surface area contributed by atoms with Crippen molar-refractivity contribution in [2.45, 2.75) is 24.4 Å². The lowest BCUT2D eigenvalue weighted by Crippen LogP contribution is -2.18. The zero-order chi connectivity index (χ0) is 14.5. The maximum Gasteiger partial charge on any atom is 0.411 e. The van der Waals surface area contributed by atoms with Crippen LogP contribution in [-0.2, 0) is 15.5 Å². The molecule has 1 aromatic carbocycles. The Hall–Kier alpha value is -1.08. The number of aryl methyl sites for hydroxylation is 1. The van der Waals surface area contributed by atoms with Gasteiger partial charge in [-0.1, -0.05) is 0 Å². The van der Waals surface area contributed by atoms with Crippen molar-refractivity contribution in [1.29, 1.82) is 0 Å². The molecule has 0 aliphatic heterocycles. The molecule has 1 atom stereocenters. The second kappa shape index (κ2) is 6.91. The molecule has 0 saturated carbocycles. The Labute approximate surface area is 112 Å². The van der Waals surface area contributed by atoms with Crippen LogP contribution in [0.1, 0.15) is 12.0 Å². The van der Waals surface area contributed by atoms with Crippen molar-refractivity contribution < 1.29 is 22.1 Å². The van der Waals surface area contributed by atoms with Gasteiger partial charge in [-0.05, 0) is 37.1 Å². The minimum atomic E-state index is -4.31. The van der Waals surface area contributed by atoms with Gasteiger partial charge in [0.15, 0.2) is 0 Å². The summed E-state index contributed by atoms with van der Waals surface area (Å²) in [5, 5.41) is 0. The minimum absolute atomic E-state index is 0.0563. The first-order valence-electron chi connectivity index (χ1n) is 5.68. The molecule has 3 nitrogen and oxygen atoms in total. The van der Waals surface area contributed by atoms with E-state index in [1.807, 2.05) is 6.92 Å². The fraction of sp³-hybridized carbons (Fsp3) is 0.500. The molecule has 19 heavy (non-hydrogen) atoms. The smallest absolute Gasteiger partial charge is 0.399 e. The summed E-state index contributed by atoms with van der Waals surface area (Å²) in [6.07, 6.45) is -4.00. The molecule has 0 aliphatic rings. The summed E-state index contributed by atoms with van der Waals surface area (Å²) >= 11 is 0. The molecule has 1 unspecified atom stereocenters. The van der Waals surface area contributed by atoms with Gasteiger partial charge in [0.2, 0.25) is 0 Å². The zero-order valence-electron chi connectivity index (χ0n) is 10.5. The Balaban J connectivity index is 2.33. The van der Waals surface area contributed by atoms with Crippen molar-refractivity contribution in [3.8, 4) is 0 Å². The quantitative estimate of drug-likeness (QED) is 0.648. The standard InChI is InChI=1S/C12H16F3NO2S/c1-9-7-10(3-4-11(9)16)19(17)6-2-5-18-8-12(13,14)15/h3-4,7H,2,5-6,8,16H2,1H3. The van der Waals surface area contributed by atoms with Crippen molar-refractivity contribution in [2.75, 3.05) is 24.7 Å². The van der Waals surface area contributed by atoms with Gasteiger partial charge in [-0.15, -0.1) is 0 Å². The van der Waals surface area contributed by atoms with Crippen molar-refractivity contribution in [3.05, 3.63) is 23.8 Å². The third kappa shape index (κ3) is 6.07. The maximum absolute atomic E-state index is 11.9. The third-order valence-corrected chi connectivity index (χ3v) is 3.83. The lowest BCUT2D eigenvalue weighted by atomic mass is 10.2. The monoisotopic (exact) mass is 295 g/mol. The van der Waals surface area contributed by atoms with E-state index in [4.69, 9.17) is 5.73 Å². The summed E-state index contributed by atoms with van der Waals surface area (Å²) in [5.41, 5.74) is 7.10. The fourth-order valence-corrected chi connectivity index (χ4v) is 2.53. The fourth-order valence-electron chi connectivity index (χ4n) is 1.39. The summed E-state index contributed by atoms with van der Waals surface area (Å²) in [6.45, 7) is 0.488. The van der Waals surface area contributed by atoms with Gasteiger partial charge in [0, 0.05) is 22.9 Å². The van der Waals surface area contributed by atoms with Crippen molar-refractivity contribution in [2.24, 2.45) is 0 Å². The number of hydrogen-bond acceptors (Lipinski definition) is 3. The van der Waals surface area contributed by atoms with Crippen LogP contribution in [0.15, 0.2) is 23.1 Å². The Morgan fingerprint density at radius 3 is 2.63 bits per heavy atom. The van der Waals surface area contributed by atoms with Gasteiger partial charge in [-0.2, -0.15) is 13.2 Å². The van der Waals surface area contributed by atoms with E-state index < -0.39 is 23.6 Å². The predicted molar refractivity (Wildman–Crippen MR) is 68.4 cm³/mol. The number of benzene rings is 1. The highest BCUT2D eigenvalue weighted by molar-refractivity contribution is 7.85. The second-order valence-electron chi connectivity index (χ2n) is 4.09. The molecule has 7 heteroatoms. The molecule has 2 N–H and O–H groups in total. The van der Waals surface area contributed by atoms with Gasteiger partial charge in [0.05, 0.1) is 10.8 Å². The first kappa shape index (κ1) is 16.0. The van der Waals surface area contributed by atoms with Gasteiger partial charge >= 0.3 is 6.18 Å². The topological polar surface area (TPSA) is 52.3 Å². The number of anilines is 1. The van der Waals surface area contributed by atoms with Gasteiger partial charge in [0.25, 0.3) is 0 Å². The van der Waals surface area contributed by atoms with Crippen LogP contribution in [0.5, 0.6) is 0 Å². The number of ether oxygens (including phenoxy) is 1. The highest BCUT2D eigenvalue weighted by Crippen LogP contribution is 2.17. The highest BCUT2D eigenvalue weighted by Gasteiger charge is 2.27. The summed E-state index contributed by atoms with van der Waals surface area (Å²) in [4.78, 5) is 0.627. The van der Waals surface area contributed by atoms with E-state index in [0.29, 0.717) is 17.0 Å². The van der Waals surface area contributed by atoms with Crippen LogP contribution in [0.25, 0.3) is 0 Å². The molecule has 0 fully saturated rings. The SMILES string of the molecule is Cc1cc(S(=O)CCCOCC(F)(F)F)ccc1N. The van der Waals surface area contributed by atoms with Crippen LogP contribution in [0, 0.1) is 6.92 Å². The summed E-state index contributed by atoms with van der Waals surface area (Å²) in [6, 6.07) is 5.06. The summed E-state index contributed by atoms with van der Waals surface area (Å²) in [5.74, 6) is 0.265. The lowest BCUT2D eigenvalue weighted by molar-refractivity contribution is -0.173. The molecular weight excluding hydrogens is 279 g/mol. The van der Waals surface area contributed by atoms with E-state index in [0.717, 1.165) is 5.56 Å². The zero-order valence-corrected chi connectivity index (χ0v) is 11.3. The molecule has 1 rings (SSSR count). The summed E-state index contributed by atoms with van der Waals surface area (Å²) in [7, 11) is -1.24. The van der Waals surface area contributed by atoms with E-state index in [9.17, 15) is 17.4 Å². The summed E-state index contributed by atoms with van der Waals surface area (Å²) < 4.78 is 51.7. The molecular formula is C12H16F3NO2S. The molecule has 0 radical (unpaired) electrons. The van der Waals surface area contributed by atoms with Gasteiger partial charge < -0.3 is 10.5 Å². The molecule has 0 amide bonds. The van der Waals surface area contributed by atoms with Crippen molar-refractivity contribution >= 4 is 16.5 Å².